The molecule has 0 N–H and O–H groups in total. The molecule has 0 aliphatic carbocycles. The second-order valence-electron chi connectivity index (χ2n) is 5.04. The fraction of sp³-hybridized carbons (Fsp3) is 0.833. The Balaban J connectivity index is 4.24. The topological polar surface area (TPSA) is 9.23 Å². The van der Waals surface area contributed by atoms with Crippen LogP contribution in [0.25, 0.3) is 0 Å². The Kier molecular flexibility index (Phi) is 7.23. The number of hydrogen-bond donors (Lipinski definition) is 0. The van der Waals surface area contributed by atoms with Crippen molar-refractivity contribution in [2.75, 3.05) is 6.61 Å². The van der Waals surface area contributed by atoms with Crippen LogP contribution in [-0.2, 0) is 4.43 Å². The van der Waals surface area contributed by atoms with E-state index in [1.54, 1.807) is 0 Å². The van der Waals surface area contributed by atoms with Gasteiger partial charge in [-0.2, -0.15) is 0 Å². The predicted molar refractivity (Wildman–Crippen MR) is 74.3 cm³/mol. The monoisotopic (exact) mass is 334 g/mol. The first-order valence-electron chi connectivity index (χ1n) is 6.03. The first kappa shape index (κ1) is 15.5. The van der Waals surface area contributed by atoms with Crippen LogP contribution in [-0.4, -0.2) is 33.3 Å². The van der Waals surface area contributed by atoms with Gasteiger partial charge in [0, 0.05) is 0 Å². The van der Waals surface area contributed by atoms with E-state index in [-0.39, 0.29) is 0 Å². The molecule has 0 aromatic carbocycles. The van der Waals surface area contributed by atoms with Gasteiger partial charge < -0.3 is 0 Å². The van der Waals surface area contributed by atoms with E-state index in [9.17, 15) is 0 Å². The van der Waals surface area contributed by atoms with Crippen LogP contribution in [0.5, 0.6) is 0 Å². The fourth-order valence-corrected chi connectivity index (χ4v) is 9.07. The van der Waals surface area contributed by atoms with Gasteiger partial charge in [0.1, 0.15) is 0 Å². The predicted octanol–water partition coefficient (Wildman–Crippen LogP) is 3.89. The third-order valence-corrected chi connectivity index (χ3v) is 17.6. The Labute approximate surface area is 101 Å². The molecule has 0 spiro atoms. The maximum atomic E-state index is 5.76. The Morgan fingerprint density at radius 3 is 1.80 bits per heavy atom. The number of rotatable bonds is 5. The molecule has 0 aromatic heterocycles. The molecule has 0 amide bonds. The van der Waals surface area contributed by atoms with Gasteiger partial charge in [-0.1, -0.05) is 0 Å². The molecule has 0 aliphatic heterocycles. The summed E-state index contributed by atoms with van der Waals surface area (Å²) in [4.78, 5) is 0. The van der Waals surface area contributed by atoms with E-state index < -0.39 is 26.7 Å². The van der Waals surface area contributed by atoms with Crippen molar-refractivity contribution in [3.8, 4) is 9.86 Å². The molecule has 0 unspecified atom stereocenters. The second-order valence-corrected chi connectivity index (χ2v) is 23.6. The van der Waals surface area contributed by atoms with Crippen LogP contribution in [0.4, 0.5) is 0 Å². The van der Waals surface area contributed by atoms with Gasteiger partial charge in [-0.25, -0.2) is 0 Å². The Bertz CT molecular complexity index is 222. The zero-order valence-corrected chi connectivity index (χ0v) is 15.1. The summed E-state index contributed by atoms with van der Waals surface area (Å²) in [6, 6.07) is 0. The summed E-state index contributed by atoms with van der Waals surface area (Å²) >= 11 is -1.99. The Morgan fingerprint density at radius 2 is 1.47 bits per heavy atom. The van der Waals surface area contributed by atoms with E-state index in [1.165, 1.54) is 13.3 Å². The van der Waals surface area contributed by atoms with Gasteiger partial charge in [-0.3, -0.25) is 0 Å². The van der Waals surface area contributed by atoms with Crippen molar-refractivity contribution in [1.29, 1.82) is 0 Å². The number of hydrogen-bond acceptors (Lipinski definition) is 1. The van der Waals surface area contributed by atoms with Crippen LogP contribution in [0.1, 0.15) is 20.8 Å². The molecule has 0 atom stereocenters. The molecule has 0 bridgehead atoms. The minimum absolute atomic E-state index is 0.661. The molecule has 0 saturated carbocycles. The molecule has 0 heterocycles. The molecule has 1 nitrogen and oxygen atoms in total. The quantitative estimate of drug-likeness (QED) is 0.548. The van der Waals surface area contributed by atoms with Crippen molar-refractivity contribution in [1.82, 2.24) is 0 Å². The molecule has 0 aromatic rings. The summed E-state index contributed by atoms with van der Waals surface area (Å²) in [6.45, 7) is 14.2. The summed E-state index contributed by atoms with van der Waals surface area (Å²) in [7, 11) is -1.36. The van der Waals surface area contributed by atoms with Gasteiger partial charge >= 0.3 is 101 Å². The molecule has 0 saturated heterocycles. The van der Waals surface area contributed by atoms with Gasteiger partial charge in [0.15, 0.2) is 0 Å². The second kappa shape index (κ2) is 6.98. The SMILES string of the molecule is C[CH2][Sn]([C]#CCO[Si](C)(C)C)([CH2]C)[CH2]C. The van der Waals surface area contributed by atoms with E-state index in [2.05, 4.69) is 50.3 Å². The van der Waals surface area contributed by atoms with Crippen LogP contribution in [0.2, 0.25) is 33.0 Å². The van der Waals surface area contributed by atoms with Crippen LogP contribution in [0.15, 0.2) is 0 Å². The van der Waals surface area contributed by atoms with Gasteiger partial charge in [0.25, 0.3) is 0 Å². The van der Waals surface area contributed by atoms with Crippen molar-refractivity contribution < 1.29 is 4.43 Å². The molecule has 0 rings (SSSR count). The molecular weight excluding hydrogens is 307 g/mol. The maximum absolute atomic E-state index is 5.76. The van der Waals surface area contributed by atoms with Gasteiger partial charge in [0.05, 0.1) is 0 Å². The molecule has 0 fully saturated rings. The van der Waals surface area contributed by atoms with Crippen molar-refractivity contribution in [3.63, 3.8) is 0 Å². The molecule has 0 radical (unpaired) electrons. The van der Waals surface area contributed by atoms with Crippen molar-refractivity contribution in [3.05, 3.63) is 0 Å². The summed E-state index contributed by atoms with van der Waals surface area (Å²) in [5.74, 6) is 3.29. The van der Waals surface area contributed by atoms with Gasteiger partial charge in [-0.15, -0.1) is 0 Å². The summed E-state index contributed by atoms with van der Waals surface area (Å²) in [5.41, 5.74) is 0. The Morgan fingerprint density at radius 1 is 1.00 bits per heavy atom. The fourth-order valence-electron chi connectivity index (χ4n) is 1.49. The van der Waals surface area contributed by atoms with Crippen molar-refractivity contribution in [2.45, 2.75) is 53.7 Å². The first-order valence-corrected chi connectivity index (χ1v) is 16.9. The van der Waals surface area contributed by atoms with Gasteiger partial charge in [0.2, 0.25) is 0 Å². The molecular formula is C12H26OSiSn. The first-order chi connectivity index (χ1) is 6.89. The van der Waals surface area contributed by atoms with E-state index in [0.717, 1.165) is 0 Å². The molecule has 0 aliphatic rings. The van der Waals surface area contributed by atoms with Crippen LogP contribution < -0.4 is 0 Å². The zero-order chi connectivity index (χ0) is 11.9. The van der Waals surface area contributed by atoms with Crippen molar-refractivity contribution >= 4 is 26.7 Å². The summed E-state index contributed by atoms with van der Waals surface area (Å²) in [5, 5.41) is 0. The third-order valence-electron chi connectivity index (χ3n) is 2.96. The molecule has 88 valence electrons. The van der Waals surface area contributed by atoms with E-state index >= 15 is 0 Å². The Hall–Kier alpha value is 0.536. The average molecular weight is 333 g/mol. The van der Waals surface area contributed by atoms with Crippen LogP contribution in [0, 0.1) is 9.86 Å². The van der Waals surface area contributed by atoms with E-state index in [1.807, 2.05) is 0 Å². The van der Waals surface area contributed by atoms with E-state index in [0.29, 0.717) is 6.61 Å². The van der Waals surface area contributed by atoms with Crippen molar-refractivity contribution in [2.24, 2.45) is 0 Å². The third kappa shape index (κ3) is 6.65. The van der Waals surface area contributed by atoms with Crippen LogP contribution >= 0.6 is 0 Å². The summed E-state index contributed by atoms with van der Waals surface area (Å²) in [6.07, 6.45) is 0. The zero-order valence-electron chi connectivity index (χ0n) is 11.2. The molecule has 3 heteroatoms. The van der Waals surface area contributed by atoms with E-state index in [4.69, 9.17) is 4.43 Å². The average Bonchev–Trinajstić information content (AvgIpc) is 2.18. The minimum atomic E-state index is -1.99. The normalized spacial score (nSPS) is 12.1. The standard InChI is InChI=1S/C6H11OSi.3C2H5.Sn/c1-5-6-7-8(2,3)4;3*1-2;/h6H2,2-4H3;3*1H2,2H3;. The molecule has 15 heavy (non-hydrogen) atoms. The van der Waals surface area contributed by atoms with Gasteiger partial charge in [-0.05, 0) is 0 Å². The van der Waals surface area contributed by atoms with Crippen LogP contribution in [0.3, 0.4) is 0 Å². The summed E-state index contributed by atoms with van der Waals surface area (Å²) < 4.78 is 13.4.